The zero-order valence-corrected chi connectivity index (χ0v) is 25.5. The monoisotopic (exact) mass is 610 g/mol. The van der Waals surface area contributed by atoms with Crippen molar-refractivity contribution >= 4 is 45.9 Å². The molecule has 234 valence electrons. The summed E-state index contributed by atoms with van der Waals surface area (Å²) in [6, 6.07) is 14.1. The molecule has 2 aromatic heterocycles. The fourth-order valence-electron chi connectivity index (χ4n) is 6.32. The number of hydrogen-bond acceptors (Lipinski definition) is 8. The van der Waals surface area contributed by atoms with E-state index in [1.54, 1.807) is 6.20 Å². The smallest absolute Gasteiger partial charge is 0.231 e. The van der Waals surface area contributed by atoms with Crippen molar-refractivity contribution in [3.63, 3.8) is 0 Å². The molecule has 2 saturated carbocycles. The Bertz CT molecular complexity index is 1670. The lowest BCUT2D eigenvalue weighted by atomic mass is 9.91. The van der Waals surface area contributed by atoms with Crippen molar-refractivity contribution in [2.24, 2.45) is 5.92 Å². The van der Waals surface area contributed by atoms with Gasteiger partial charge in [-0.2, -0.15) is 9.97 Å². The highest BCUT2D eigenvalue weighted by Gasteiger charge is 2.32. The summed E-state index contributed by atoms with van der Waals surface area (Å²) in [6.07, 6.45) is 7.13. The molecule has 2 aromatic carbocycles. The number of H-pyrrole nitrogens is 1. The average Bonchev–Trinajstić information content (AvgIpc) is 3.82. The van der Waals surface area contributed by atoms with E-state index in [1.165, 1.54) is 30.0 Å². The minimum atomic E-state index is -0.396. The van der Waals surface area contributed by atoms with E-state index in [0.29, 0.717) is 33.9 Å². The summed E-state index contributed by atoms with van der Waals surface area (Å²) < 4.78 is 13.6. The molecule has 1 amide bonds. The van der Waals surface area contributed by atoms with Crippen LogP contribution in [0.25, 0.3) is 11.0 Å². The van der Waals surface area contributed by atoms with Crippen LogP contribution in [-0.2, 0) is 4.79 Å². The van der Waals surface area contributed by atoms with Gasteiger partial charge in [-0.05, 0) is 94.1 Å². The van der Waals surface area contributed by atoms with Gasteiger partial charge in [0.2, 0.25) is 11.9 Å². The molecule has 0 spiro atoms. The molecule has 3 aliphatic rings. The lowest BCUT2D eigenvalue weighted by molar-refractivity contribution is -0.123. The number of aromatic amines is 1. The number of likely N-dealkylation sites (N-methyl/N-ethyl adjacent to an activating group) is 1. The number of piperazine rings is 1. The van der Waals surface area contributed by atoms with Crippen LogP contribution in [0, 0.1) is 11.7 Å². The first-order valence-corrected chi connectivity index (χ1v) is 16.0. The third-order valence-corrected chi connectivity index (χ3v) is 9.24. The van der Waals surface area contributed by atoms with E-state index in [0.717, 1.165) is 70.4 Å². The van der Waals surface area contributed by atoms with Crippen molar-refractivity contribution in [1.29, 1.82) is 0 Å². The molecule has 0 bridgehead atoms. The third kappa shape index (κ3) is 6.63. The molecule has 10 nitrogen and oxygen atoms in total. The maximum atomic E-state index is 13.6. The van der Waals surface area contributed by atoms with Gasteiger partial charge in [0.25, 0.3) is 0 Å². The number of nitrogens with zero attached hydrogens (tertiary/aromatic N) is 4. The Morgan fingerprint density at radius 1 is 0.867 bits per heavy atom. The molecule has 2 aliphatic carbocycles. The highest BCUT2D eigenvalue weighted by atomic mass is 19.1. The van der Waals surface area contributed by atoms with Crippen molar-refractivity contribution in [2.75, 3.05) is 48.8 Å². The topological polar surface area (TPSA) is 118 Å². The van der Waals surface area contributed by atoms with Gasteiger partial charge in [-0.15, -0.1) is 0 Å². The molecule has 11 heteroatoms. The summed E-state index contributed by atoms with van der Waals surface area (Å²) in [5, 5.41) is 10.8. The fourth-order valence-corrected chi connectivity index (χ4v) is 6.32. The zero-order chi connectivity index (χ0) is 30.9. The maximum absolute atomic E-state index is 13.6. The number of nitrogens with one attached hydrogen (secondary N) is 4. The molecule has 4 N–H and O–H groups in total. The molecular weight excluding hydrogens is 571 g/mol. The average molecular weight is 611 g/mol. The van der Waals surface area contributed by atoms with Gasteiger partial charge in [0.15, 0.2) is 5.78 Å². The number of ketones is 1. The molecule has 45 heavy (non-hydrogen) atoms. The lowest BCUT2D eigenvalue weighted by Gasteiger charge is -2.34. The Morgan fingerprint density at radius 3 is 2.24 bits per heavy atom. The van der Waals surface area contributed by atoms with E-state index in [4.69, 9.17) is 9.97 Å². The van der Waals surface area contributed by atoms with Crippen LogP contribution in [0.3, 0.4) is 0 Å². The molecule has 1 saturated heterocycles. The summed E-state index contributed by atoms with van der Waals surface area (Å²) in [4.78, 5) is 43.3. The van der Waals surface area contributed by atoms with Crippen molar-refractivity contribution in [3.8, 4) is 0 Å². The van der Waals surface area contributed by atoms with Crippen LogP contribution in [0.1, 0.15) is 54.4 Å². The number of benzene rings is 2. The third-order valence-electron chi connectivity index (χ3n) is 9.24. The van der Waals surface area contributed by atoms with Crippen molar-refractivity contribution in [3.05, 3.63) is 71.7 Å². The predicted molar refractivity (Wildman–Crippen MR) is 174 cm³/mol. The van der Waals surface area contributed by atoms with Crippen LogP contribution in [-0.4, -0.2) is 76.9 Å². The fraction of sp³-hybridized carbons (Fsp3) is 0.412. The SMILES string of the molecule is CN1CCN(c2ccc(Nc3nc(NC4CCC(NC(=O)C5CC5)CC4)c4c(C(=O)c5ccc(F)cc5)c[nH]c4n3)cc2)CC1. The quantitative estimate of drug-likeness (QED) is 0.194. The van der Waals surface area contributed by atoms with Crippen LogP contribution in [0.2, 0.25) is 0 Å². The Labute approximate surface area is 261 Å². The summed E-state index contributed by atoms with van der Waals surface area (Å²) in [7, 11) is 2.15. The van der Waals surface area contributed by atoms with Crippen LogP contribution >= 0.6 is 0 Å². The molecule has 1 aliphatic heterocycles. The Morgan fingerprint density at radius 2 is 1.56 bits per heavy atom. The van der Waals surface area contributed by atoms with Gasteiger partial charge in [-0.3, -0.25) is 9.59 Å². The Balaban J connectivity index is 1.13. The second-order valence-corrected chi connectivity index (χ2v) is 12.6. The number of amides is 1. The number of carbonyl (C=O) groups excluding carboxylic acids is 2. The van der Waals surface area contributed by atoms with Gasteiger partial charge in [-0.25, -0.2) is 4.39 Å². The van der Waals surface area contributed by atoms with Crippen LogP contribution in [0.4, 0.5) is 27.5 Å². The lowest BCUT2D eigenvalue weighted by Crippen LogP contribution is -2.44. The van der Waals surface area contributed by atoms with E-state index in [-0.39, 0.29) is 29.7 Å². The zero-order valence-electron chi connectivity index (χ0n) is 25.5. The van der Waals surface area contributed by atoms with Gasteiger partial charge in [0.05, 0.1) is 10.9 Å². The number of halogens is 1. The highest BCUT2D eigenvalue weighted by molar-refractivity contribution is 6.18. The van der Waals surface area contributed by atoms with Gasteiger partial charge in [0.1, 0.15) is 17.3 Å². The van der Waals surface area contributed by atoms with E-state index >= 15 is 0 Å². The summed E-state index contributed by atoms with van der Waals surface area (Å²) in [5.41, 5.74) is 3.38. The van der Waals surface area contributed by atoms with E-state index in [1.807, 2.05) is 12.1 Å². The molecule has 0 unspecified atom stereocenters. The molecule has 0 atom stereocenters. The van der Waals surface area contributed by atoms with Gasteiger partial charge >= 0.3 is 0 Å². The molecule has 3 heterocycles. The molecular formula is C34H39FN8O2. The normalized spacial score (nSPS) is 20.6. The second kappa shape index (κ2) is 12.5. The van der Waals surface area contributed by atoms with Crippen molar-refractivity contribution in [1.82, 2.24) is 25.2 Å². The number of fused-ring (bicyclic) bond motifs is 1. The first kappa shape index (κ1) is 29.2. The minimum Gasteiger partial charge on any atom is -0.369 e. The predicted octanol–water partition coefficient (Wildman–Crippen LogP) is 5.07. The van der Waals surface area contributed by atoms with E-state index in [9.17, 15) is 14.0 Å². The largest absolute Gasteiger partial charge is 0.369 e. The van der Waals surface area contributed by atoms with Gasteiger partial charge in [-0.1, -0.05) is 0 Å². The second-order valence-electron chi connectivity index (χ2n) is 12.6. The number of aromatic nitrogens is 3. The number of anilines is 4. The number of hydrogen-bond donors (Lipinski definition) is 4. The molecule has 0 radical (unpaired) electrons. The number of rotatable bonds is 9. The molecule has 3 fully saturated rings. The standard InChI is InChI=1S/C34H39FN8O2/c1-42-16-18-43(19-17-42)27-14-12-26(13-15-27)39-34-40-31-29(28(20-36-31)30(44)21-4-6-23(35)7-5-21)32(41-34)37-24-8-10-25(11-9-24)38-33(45)22-2-3-22/h4-7,12-15,20,22,24-25H,2-3,8-11,16-19H2,1H3,(H,38,45)(H3,36,37,39,40,41). The summed E-state index contributed by atoms with van der Waals surface area (Å²) in [5.74, 6) is 0.730. The minimum absolute atomic E-state index is 0.122. The van der Waals surface area contributed by atoms with Crippen molar-refractivity contribution < 1.29 is 14.0 Å². The summed E-state index contributed by atoms with van der Waals surface area (Å²) >= 11 is 0. The first-order valence-electron chi connectivity index (χ1n) is 16.0. The molecule has 7 rings (SSSR count). The van der Waals surface area contributed by atoms with E-state index in [2.05, 4.69) is 49.9 Å². The van der Waals surface area contributed by atoms with Crippen LogP contribution < -0.4 is 20.9 Å². The van der Waals surface area contributed by atoms with Crippen molar-refractivity contribution in [2.45, 2.75) is 50.6 Å². The molecule has 4 aromatic rings. The van der Waals surface area contributed by atoms with Crippen LogP contribution in [0.5, 0.6) is 0 Å². The Kier molecular flexibility index (Phi) is 8.10. The van der Waals surface area contributed by atoms with Gasteiger partial charge < -0.3 is 30.7 Å². The summed E-state index contributed by atoms with van der Waals surface area (Å²) in [6.45, 7) is 4.09. The van der Waals surface area contributed by atoms with Crippen LogP contribution in [0.15, 0.2) is 54.7 Å². The first-order chi connectivity index (χ1) is 21.9. The highest BCUT2D eigenvalue weighted by Crippen LogP contribution is 2.33. The number of carbonyl (C=O) groups is 2. The Hall–Kier alpha value is -4.51. The maximum Gasteiger partial charge on any atom is 0.231 e. The van der Waals surface area contributed by atoms with Gasteiger partial charge in [0, 0.05) is 67.3 Å². The van der Waals surface area contributed by atoms with E-state index < -0.39 is 5.82 Å².